The first-order chi connectivity index (χ1) is 15.1. The van der Waals surface area contributed by atoms with Gasteiger partial charge in [0.2, 0.25) is 0 Å². The maximum Gasteiger partial charge on any atom is 0.303 e. The molecule has 1 N–H and O–H groups in total. The molecule has 0 unspecified atom stereocenters. The highest BCUT2D eigenvalue weighted by Gasteiger charge is 2.46. The van der Waals surface area contributed by atoms with Gasteiger partial charge in [-0.3, -0.25) is 14.4 Å². The van der Waals surface area contributed by atoms with Crippen molar-refractivity contribution in [3.63, 3.8) is 0 Å². The van der Waals surface area contributed by atoms with E-state index in [2.05, 4.69) is 41.5 Å². The number of hydrogen-bond donors (Lipinski definition) is 1. The van der Waals surface area contributed by atoms with E-state index < -0.39 is 5.97 Å². The lowest BCUT2D eigenvalue weighted by Crippen LogP contribution is -2.23. The van der Waals surface area contributed by atoms with Crippen LogP contribution in [0.15, 0.2) is 0 Å². The lowest BCUT2D eigenvalue weighted by Gasteiger charge is -2.22. The second-order valence-electron chi connectivity index (χ2n) is 12.1. The molecule has 4 nitrogen and oxygen atoms in total. The molecule has 196 valence electrons. The van der Waals surface area contributed by atoms with Crippen LogP contribution in [0.3, 0.4) is 0 Å². The van der Waals surface area contributed by atoms with Gasteiger partial charge >= 0.3 is 5.97 Å². The Balaban J connectivity index is 0. The molecule has 0 heterocycles. The van der Waals surface area contributed by atoms with Crippen LogP contribution in [0.1, 0.15) is 140 Å². The summed E-state index contributed by atoms with van der Waals surface area (Å²) in [4.78, 5) is 32.2. The SMILES string of the molecule is CC(=O)C(C)(C)CC(C)C.CC(=O)C1(CC(C)C)CC1.CC(C)CCCCCCCC(=O)O. The van der Waals surface area contributed by atoms with Gasteiger partial charge in [-0.1, -0.05) is 87.5 Å². The van der Waals surface area contributed by atoms with E-state index in [9.17, 15) is 14.4 Å². The Bertz CT molecular complexity index is 532. The highest BCUT2D eigenvalue weighted by atomic mass is 16.4. The first kappa shape index (κ1) is 34.0. The Labute approximate surface area is 205 Å². The number of ketones is 2. The third-order valence-corrected chi connectivity index (χ3v) is 6.44. The first-order valence-corrected chi connectivity index (χ1v) is 13.3. The molecule has 0 bridgehead atoms. The summed E-state index contributed by atoms with van der Waals surface area (Å²) in [5.74, 6) is 2.12. The molecule has 0 spiro atoms. The fourth-order valence-corrected chi connectivity index (χ4v) is 4.16. The van der Waals surface area contributed by atoms with Crippen LogP contribution < -0.4 is 0 Å². The van der Waals surface area contributed by atoms with E-state index in [1.54, 1.807) is 13.8 Å². The largest absolute Gasteiger partial charge is 0.481 e. The van der Waals surface area contributed by atoms with Gasteiger partial charge in [-0.05, 0) is 63.7 Å². The average Bonchev–Trinajstić information content (AvgIpc) is 3.40. The van der Waals surface area contributed by atoms with Crippen molar-refractivity contribution >= 4 is 17.5 Å². The number of carbonyl (C=O) groups excluding carboxylic acids is 2. The number of carboxylic acids is 1. The van der Waals surface area contributed by atoms with E-state index in [0.717, 1.165) is 44.4 Å². The summed E-state index contributed by atoms with van der Waals surface area (Å²) >= 11 is 0. The molecule has 4 heteroatoms. The predicted octanol–water partition coefficient (Wildman–Crippen LogP) is 8.51. The summed E-state index contributed by atoms with van der Waals surface area (Å²) in [6.45, 7) is 20.6. The Hall–Kier alpha value is -1.19. The van der Waals surface area contributed by atoms with Crippen molar-refractivity contribution in [3.05, 3.63) is 0 Å². The quantitative estimate of drug-likeness (QED) is 0.259. The van der Waals surface area contributed by atoms with Gasteiger partial charge in [0.25, 0.3) is 0 Å². The van der Waals surface area contributed by atoms with Gasteiger partial charge < -0.3 is 5.11 Å². The topological polar surface area (TPSA) is 71.4 Å². The summed E-state index contributed by atoms with van der Waals surface area (Å²) in [6.07, 6.45) is 11.7. The van der Waals surface area contributed by atoms with Crippen molar-refractivity contribution in [1.29, 1.82) is 0 Å². The van der Waals surface area contributed by atoms with E-state index in [-0.39, 0.29) is 10.8 Å². The molecule has 1 fully saturated rings. The van der Waals surface area contributed by atoms with Gasteiger partial charge in [0, 0.05) is 17.3 Å². The van der Waals surface area contributed by atoms with Crippen LogP contribution in [0.25, 0.3) is 0 Å². The van der Waals surface area contributed by atoms with Gasteiger partial charge in [0.1, 0.15) is 11.6 Å². The molecule has 1 aliphatic carbocycles. The van der Waals surface area contributed by atoms with E-state index in [1.807, 2.05) is 13.8 Å². The lowest BCUT2D eigenvalue weighted by molar-refractivity contribution is -0.137. The molecular formula is C29H56O4. The number of carboxylic acid groups (broad SMARTS) is 1. The van der Waals surface area contributed by atoms with Crippen molar-refractivity contribution in [3.8, 4) is 0 Å². The zero-order chi connectivity index (χ0) is 26.2. The smallest absolute Gasteiger partial charge is 0.303 e. The number of rotatable bonds is 14. The summed E-state index contributed by atoms with van der Waals surface area (Å²) in [5, 5.41) is 8.39. The number of carbonyl (C=O) groups is 3. The van der Waals surface area contributed by atoms with Gasteiger partial charge in [0.15, 0.2) is 0 Å². The number of Topliss-reactive ketones (excluding diaryl/α,β-unsaturated/α-hetero) is 2. The molecule has 1 saturated carbocycles. The molecule has 1 aliphatic rings. The summed E-state index contributed by atoms with van der Waals surface area (Å²) in [5.41, 5.74) is 0.0162. The Morgan fingerprint density at radius 1 is 0.788 bits per heavy atom. The lowest BCUT2D eigenvalue weighted by atomic mass is 9.81. The molecular weight excluding hydrogens is 412 g/mol. The van der Waals surface area contributed by atoms with Crippen LogP contribution in [0.2, 0.25) is 0 Å². The minimum atomic E-state index is -0.665. The zero-order valence-electron chi connectivity index (χ0n) is 23.7. The fourth-order valence-electron chi connectivity index (χ4n) is 4.16. The minimum absolute atomic E-state index is 0.117. The van der Waals surface area contributed by atoms with Crippen molar-refractivity contribution in [2.45, 2.75) is 140 Å². The third-order valence-electron chi connectivity index (χ3n) is 6.44. The molecule has 33 heavy (non-hydrogen) atoms. The van der Waals surface area contributed by atoms with Crippen LogP contribution in [0.4, 0.5) is 0 Å². The van der Waals surface area contributed by atoms with Crippen LogP contribution in [-0.4, -0.2) is 22.6 Å². The van der Waals surface area contributed by atoms with Crippen LogP contribution in [0, 0.1) is 28.6 Å². The van der Waals surface area contributed by atoms with Crippen LogP contribution in [0.5, 0.6) is 0 Å². The molecule has 0 saturated heterocycles. The maximum atomic E-state index is 11.1. The van der Waals surface area contributed by atoms with E-state index >= 15 is 0 Å². The van der Waals surface area contributed by atoms with Crippen molar-refractivity contribution in [2.75, 3.05) is 0 Å². The summed E-state index contributed by atoms with van der Waals surface area (Å²) in [7, 11) is 0. The molecule has 0 amide bonds. The van der Waals surface area contributed by atoms with Crippen molar-refractivity contribution in [1.82, 2.24) is 0 Å². The average molecular weight is 469 g/mol. The van der Waals surface area contributed by atoms with Gasteiger partial charge in [-0.2, -0.15) is 0 Å². The highest BCUT2D eigenvalue weighted by Crippen LogP contribution is 2.51. The standard InChI is InChI=1S/C11H22O2.C9H16O.C9H18O/c1-10(2)8-6-4-3-5-7-9-11(12)13;1-7(2)6-9(4-5-9)8(3)10;1-7(2)6-9(4,5)8(3)10/h10H,3-9H2,1-2H3,(H,12,13);7H,4-6H2,1-3H3;7H,6H2,1-5H3. The Kier molecular flexibility index (Phi) is 17.8. The Morgan fingerprint density at radius 3 is 1.55 bits per heavy atom. The number of aliphatic carboxylic acids is 1. The molecule has 0 atom stereocenters. The van der Waals surface area contributed by atoms with Gasteiger partial charge in [-0.15, -0.1) is 0 Å². The molecule has 0 radical (unpaired) electrons. The minimum Gasteiger partial charge on any atom is -0.481 e. The maximum absolute atomic E-state index is 11.1. The molecule has 0 aromatic heterocycles. The predicted molar refractivity (Wildman–Crippen MR) is 141 cm³/mol. The van der Waals surface area contributed by atoms with E-state index in [4.69, 9.17) is 5.11 Å². The van der Waals surface area contributed by atoms with Crippen molar-refractivity contribution < 1.29 is 19.5 Å². The fraction of sp³-hybridized carbons (Fsp3) is 0.897. The first-order valence-electron chi connectivity index (χ1n) is 13.3. The normalized spacial score (nSPS) is 14.3. The van der Waals surface area contributed by atoms with E-state index in [0.29, 0.717) is 29.8 Å². The Morgan fingerprint density at radius 2 is 1.27 bits per heavy atom. The highest BCUT2D eigenvalue weighted by molar-refractivity contribution is 5.84. The molecule has 0 aliphatic heterocycles. The number of hydrogen-bond acceptors (Lipinski definition) is 3. The molecule has 0 aromatic carbocycles. The number of unbranched alkanes of at least 4 members (excludes halogenated alkanes) is 4. The second-order valence-corrected chi connectivity index (χ2v) is 12.1. The zero-order valence-corrected chi connectivity index (χ0v) is 23.7. The monoisotopic (exact) mass is 468 g/mol. The summed E-state index contributed by atoms with van der Waals surface area (Å²) in [6, 6.07) is 0. The van der Waals surface area contributed by atoms with Crippen LogP contribution in [-0.2, 0) is 14.4 Å². The van der Waals surface area contributed by atoms with E-state index in [1.165, 1.54) is 25.7 Å². The van der Waals surface area contributed by atoms with Gasteiger partial charge in [-0.25, -0.2) is 0 Å². The molecule has 0 aromatic rings. The van der Waals surface area contributed by atoms with Gasteiger partial charge in [0.05, 0.1) is 0 Å². The van der Waals surface area contributed by atoms with Crippen LogP contribution >= 0.6 is 0 Å². The van der Waals surface area contributed by atoms with Crippen molar-refractivity contribution in [2.24, 2.45) is 28.6 Å². The second kappa shape index (κ2) is 17.3. The third kappa shape index (κ3) is 19.9. The summed E-state index contributed by atoms with van der Waals surface area (Å²) < 4.78 is 0. The molecule has 1 rings (SSSR count).